The van der Waals surface area contributed by atoms with Crippen LogP contribution in [-0.4, -0.2) is 47.3 Å². The van der Waals surface area contributed by atoms with Crippen LogP contribution in [0.3, 0.4) is 0 Å². The van der Waals surface area contributed by atoms with Gasteiger partial charge in [0.05, 0.1) is 12.9 Å². The number of carbonyl (C=O) groups excluding carboxylic acids is 3. The molecule has 0 aliphatic carbocycles. The van der Waals surface area contributed by atoms with Gasteiger partial charge in [-0.1, -0.05) is 11.8 Å². The van der Waals surface area contributed by atoms with Gasteiger partial charge >= 0.3 is 5.97 Å². The molecule has 90 valence electrons. The molecule has 0 aromatic carbocycles. The molecule has 0 saturated carbocycles. The van der Waals surface area contributed by atoms with E-state index in [4.69, 9.17) is 0 Å². The molecule has 5 nitrogen and oxygen atoms in total. The third kappa shape index (κ3) is 3.23. The first-order valence-electron chi connectivity index (χ1n) is 5.07. The number of likely N-dealkylation sites (tertiary alicyclic amines) is 1. The van der Waals surface area contributed by atoms with Crippen LogP contribution in [0.25, 0.3) is 0 Å². The van der Waals surface area contributed by atoms with Crippen molar-refractivity contribution in [3.05, 3.63) is 0 Å². The number of hydrogen-bond acceptors (Lipinski definition) is 5. The number of thioether (sulfide) groups is 1. The molecule has 0 bridgehead atoms. The molecule has 1 rings (SSSR count). The molecule has 1 amide bonds. The molecular formula is C10H15NO4S. The Kier molecular flexibility index (Phi) is 4.79. The van der Waals surface area contributed by atoms with Gasteiger partial charge in [0.1, 0.15) is 6.04 Å². The number of esters is 1. The minimum Gasteiger partial charge on any atom is -0.467 e. The second-order valence-electron chi connectivity index (χ2n) is 3.55. The van der Waals surface area contributed by atoms with Crippen molar-refractivity contribution in [2.45, 2.75) is 25.8 Å². The summed E-state index contributed by atoms with van der Waals surface area (Å²) in [5, 5.41) is -0.0952. The first-order valence-corrected chi connectivity index (χ1v) is 6.05. The molecular weight excluding hydrogens is 230 g/mol. The van der Waals surface area contributed by atoms with Crippen LogP contribution >= 0.6 is 11.8 Å². The Morgan fingerprint density at radius 3 is 2.69 bits per heavy atom. The highest BCUT2D eigenvalue weighted by molar-refractivity contribution is 8.14. The Morgan fingerprint density at radius 1 is 1.44 bits per heavy atom. The molecule has 0 aromatic rings. The van der Waals surface area contributed by atoms with Gasteiger partial charge in [-0.3, -0.25) is 9.59 Å². The Balaban J connectivity index is 2.54. The van der Waals surface area contributed by atoms with E-state index >= 15 is 0 Å². The van der Waals surface area contributed by atoms with Crippen molar-refractivity contribution < 1.29 is 19.1 Å². The van der Waals surface area contributed by atoms with Gasteiger partial charge in [-0.05, 0) is 12.8 Å². The van der Waals surface area contributed by atoms with Crippen molar-refractivity contribution in [1.29, 1.82) is 0 Å². The number of nitrogens with zero attached hydrogens (tertiary/aromatic N) is 1. The molecule has 1 unspecified atom stereocenters. The molecule has 1 aliphatic rings. The van der Waals surface area contributed by atoms with E-state index in [1.807, 2.05) is 0 Å². The standard InChI is InChI=1S/C10H15NO4S/c1-7(12)16-6-9(13)11-5-3-4-8(11)10(14)15-2/h8H,3-6H2,1-2H3. The van der Waals surface area contributed by atoms with Gasteiger partial charge in [0.25, 0.3) is 0 Å². The maximum absolute atomic E-state index is 11.7. The molecule has 0 spiro atoms. The molecule has 1 aliphatic heterocycles. The van der Waals surface area contributed by atoms with Crippen LogP contribution in [-0.2, 0) is 19.1 Å². The van der Waals surface area contributed by atoms with E-state index in [9.17, 15) is 14.4 Å². The fourth-order valence-corrected chi connectivity index (χ4v) is 2.19. The van der Waals surface area contributed by atoms with Crippen molar-refractivity contribution in [1.82, 2.24) is 4.90 Å². The van der Waals surface area contributed by atoms with Crippen LogP contribution in [0.2, 0.25) is 0 Å². The van der Waals surface area contributed by atoms with Crippen LogP contribution in [0.5, 0.6) is 0 Å². The molecule has 1 atom stereocenters. The minimum atomic E-state index is -0.468. The molecule has 0 aromatic heterocycles. The first-order chi connectivity index (χ1) is 7.56. The summed E-state index contributed by atoms with van der Waals surface area (Å²) in [4.78, 5) is 35.3. The minimum absolute atomic E-state index is 0.0952. The van der Waals surface area contributed by atoms with Crippen LogP contribution in [0, 0.1) is 0 Å². The van der Waals surface area contributed by atoms with E-state index in [-0.39, 0.29) is 22.7 Å². The van der Waals surface area contributed by atoms with Crippen LogP contribution in [0.15, 0.2) is 0 Å². The molecule has 0 radical (unpaired) electrons. The predicted molar refractivity (Wildman–Crippen MR) is 59.9 cm³/mol. The summed E-state index contributed by atoms with van der Waals surface area (Å²) >= 11 is 0.965. The summed E-state index contributed by atoms with van der Waals surface area (Å²) in [6, 6.07) is -0.468. The van der Waals surface area contributed by atoms with E-state index in [0.29, 0.717) is 13.0 Å². The van der Waals surface area contributed by atoms with E-state index in [0.717, 1.165) is 18.2 Å². The van der Waals surface area contributed by atoms with Crippen molar-refractivity contribution >= 4 is 28.8 Å². The zero-order valence-electron chi connectivity index (χ0n) is 9.39. The molecule has 0 N–H and O–H groups in total. The van der Waals surface area contributed by atoms with Gasteiger partial charge in [0.15, 0.2) is 5.12 Å². The third-order valence-electron chi connectivity index (χ3n) is 2.45. The Hall–Kier alpha value is -1.04. The maximum Gasteiger partial charge on any atom is 0.328 e. The lowest BCUT2D eigenvalue weighted by Gasteiger charge is -2.22. The maximum atomic E-state index is 11.7. The highest BCUT2D eigenvalue weighted by Gasteiger charge is 2.34. The van der Waals surface area contributed by atoms with E-state index in [1.165, 1.54) is 18.9 Å². The third-order valence-corrected chi connectivity index (χ3v) is 3.24. The number of hydrogen-bond donors (Lipinski definition) is 0. The zero-order valence-corrected chi connectivity index (χ0v) is 10.2. The second-order valence-corrected chi connectivity index (χ2v) is 4.70. The average molecular weight is 245 g/mol. The highest BCUT2D eigenvalue weighted by Crippen LogP contribution is 2.19. The van der Waals surface area contributed by atoms with Crippen LogP contribution < -0.4 is 0 Å². The second kappa shape index (κ2) is 5.89. The Bertz CT molecular complexity index is 305. The number of methoxy groups -OCH3 is 1. The predicted octanol–water partition coefficient (Wildman–Crippen LogP) is 0.430. The highest BCUT2D eigenvalue weighted by atomic mass is 32.2. The summed E-state index contributed by atoms with van der Waals surface area (Å²) in [5.74, 6) is -0.449. The van der Waals surface area contributed by atoms with Crippen molar-refractivity contribution in [3.63, 3.8) is 0 Å². The number of amides is 1. The van der Waals surface area contributed by atoms with E-state index in [1.54, 1.807) is 0 Å². The number of carbonyl (C=O) groups is 3. The summed E-state index contributed by atoms with van der Waals surface area (Å²) in [6.45, 7) is 1.98. The quantitative estimate of drug-likeness (QED) is 0.675. The Labute approximate surface area is 98.5 Å². The zero-order chi connectivity index (χ0) is 12.1. The van der Waals surface area contributed by atoms with Gasteiger partial charge in [0, 0.05) is 13.5 Å². The average Bonchev–Trinajstić information content (AvgIpc) is 2.73. The normalized spacial score (nSPS) is 19.6. The number of rotatable bonds is 3. The summed E-state index contributed by atoms with van der Waals surface area (Å²) in [5.41, 5.74) is 0. The smallest absolute Gasteiger partial charge is 0.328 e. The first kappa shape index (κ1) is 13.0. The molecule has 6 heteroatoms. The van der Waals surface area contributed by atoms with Gasteiger partial charge in [-0.2, -0.15) is 0 Å². The van der Waals surface area contributed by atoms with Crippen molar-refractivity contribution in [3.8, 4) is 0 Å². The summed E-state index contributed by atoms with van der Waals surface area (Å²) in [6.07, 6.45) is 1.44. The molecule has 16 heavy (non-hydrogen) atoms. The van der Waals surface area contributed by atoms with Crippen molar-refractivity contribution in [2.24, 2.45) is 0 Å². The van der Waals surface area contributed by atoms with Crippen LogP contribution in [0.1, 0.15) is 19.8 Å². The molecule has 1 saturated heterocycles. The molecule has 1 heterocycles. The van der Waals surface area contributed by atoms with Gasteiger partial charge in [-0.15, -0.1) is 0 Å². The van der Waals surface area contributed by atoms with Gasteiger partial charge in [-0.25, -0.2) is 4.79 Å². The summed E-state index contributed by atoms with van der Waals surface area (Å²) < 4.78 is 4.63. The topological polar surface area (TPSA) is 63.7 Å². The monoisotopic (exact) mass is 245 g/mol. The van der Waals surface area contributed by atoms with Gasteiger partial charge in [0.2, 0.25) is 5.91 Å². The molecule has 1 fully saturated rings. The lowest BCUT2D eigenvalue weighted by molar-refractivity contribution is -0.150. The summed E-state index contributed by atoms with van der Waals surface area (Å²) in [7, 11) is 1.31. The Morgan fingerprint density at radius 2 is 2.12 bits per heavy atom. The SMILES string of the molecule is COC(=O)C1CCCN1C(=O)CSC(C)=O. The fourth-order valence-electron chi connectivity index (χ4n) is 1.69. The van der Waals surface area contributed by atoms with Crippen molar-refractivity contribution in [2.75, 3.05) is 19.4 Å². The largest absolute Gasteiger partial charge is 0.467 e. The lowest BCUT2D eigenvalue weighted by atomic mass is 10.2. The fraction of sp³-hybridized carbons (Fsp3) is 0.700. The van der Waals surface area contributed by atoms with Gasteiger partial charge < -0.3 is 9.64 Å². The van der Waals surface area contributed by atoms with E-state index < -0.39 is 6.04 Å². The lowest BCUT2D eigenvalue weighted by Crippen LogP contribution is -2.42. The van der Waals surface area contributed by atoms with Crippen LogP contribution in [0.4, 0.5) is 0 Å². The number of ether oxygens (including phenoxy) is 1. The van der Waals surface area contributed by atoms with E-state index in [2.05, 4.69) is 4.74 Å².